The quantitative estimate of drug-likeness (QED) is 0.242. The molecule has 0 aliphatic heterocycles. The highest BCUT2D eigenvalue weighted by atomic mass is 32.1. The van der Waals surface area contributed by atoms with E-state index in [2.05, 4.69) is 9.97 Å². The van der Waals surface area contributed by atoms with Gasteiger partial charge in [-0.3, -0.25) is 24.8 Å². The first kappa shape index (κ1) is 20.4. The summed E-state index contributed by atoms with van der Waals surface area (Å²) in [6.45, 7) is 0. The lowest BCUT2D eigenvalue weighted by molar-refractivity contribution is -0.422. The van der Waals surface area contributed by atoms with Crippen molar-refractivity contribution in [2.75, 3.05) is 0 Å². The van der Waals surface area contributed by atoms with Gasteiger partial charge in [0.25, 0.3) is 0 Å². The van der Waals surface area contributed by atoms with Crippen molar-refractivity contribution >= 4 is 32.9 Å². The zero-order valence-corrected chi connectivity index (χ0v) is 17.4. The normalized spacial score (nSPS) is 11.1. The van der Waals surface area contributed by atoms with Crippen LogP contribution in [-0.2, 0) is 0 Å². The van der Waals surface area contributed by atoms with E-state index >= 15 is 0 Å². The van der Waals surface area contributed by atoms with E-state index in [0.29, 0.717) is 11.3 Å². The Bertz CT molecular complexity index is 1540. The summed E-state index contributed by atoms with van der Waals surface area (Å²) in [4.78, 5) is 29.5. The topological polar surface area (TPSA) is 117 Å². The summed E-state index contributed by atoms with van der Waals surface area (Å²) in [6.07, 6.45) is 3.08. The number of hydrogen-bond acceptors (Lipinski definition) is 7. The molecule has 11 heteroatoms. The Balaban J connectivity index is 1.51. The fourth-order valence-electron chi connectivity index (χ4n) is 3.48. The molecule has 0 amide bonds. The smallest absolute Gasteiger partial charge is 0.299 e. The van der Waals surface area contributed by atoms with E-state index in [0.717, 1.165) is 32.5 Å². The van der Waals surface area contributed by atoms with Gasteiger partial charge in [-0.15, -0.1) is 11.3 Å². The molecule has 3 aromatic carbocycles. The summed E-state index contributed by atoms with van der Waals surface area (Å²) in [5, 5.41) is 23.2. The number of rotatable bonds is 5. The van der Waals surface area contributed by atoms with Crippen LogP contribution in [0, 0.1) is 26.0 Å². The van der Waals surface area contributed by atoms with Crippen LogP contribution in [0.5, 0.6) is 0 Å². The van der Waals surface area contributed by atoms with E-state index in [-0.39, 0.29) is 5.82 Å². The van der Waals surface area contributed by atoms with Crippen molar-refractivity contribution in [1.82, 2.24) is 14.5 Å². The monoisotopic (exact) mass is 461 g/mol. The Morgan fingerprint density at radius 3 is 2.33 bits per heavy atom. The SMILES string of the molecule is O=[N+]([O-])c1ccc(-c2cncn2-c2ccc(-c3nc4ccc(F)cc4s3)cc2)cc1[N+](=O)[O-]. The molecule has 162 valence electrons. The van der Waals surface area contributed by atoms with E-state index in [1.807, 2.05) is 24.3 Å². The third-order valence-electron chi connectivity index (χ3n) is 5.05. The lowest BCUT2D eigenvalue weighted by Crippen LogP contribution is -1.99. The van der Waals surface area contributed by atoms with Gasteiger partial charge in [0.05, 0.1) is 38.3 Å². The molecule has 33 heavy (non-hydrogen) atoms. The van der Waals surface area contributed by atoms with Crippen LogP contribution in [0.1, 0.15) is 0 Å². The van der Waals surface area contributed by atoms with E-state index in [1.165, 1.54) is 41.8 Å². The van der Waals surface area contributed by atoms with Crippen LogP contribution in [0.15, 0.2) is 73.2 Å². The number of nitro groups is 2. The maximum Gasteiger partial charge on any atom is 0.346 e. The molecule has 0 saturated carbocycles. The Hall–Kier alpha value is -4.51. The van der Waals surface area contributed by atoms with Gasteiger partial charge in [0.1, 0.15) is 10.8 Å². The minimum absolute atomic E-state index is 0.313. The average Bonchev–Trinajstić information content (AvgIpc) is 3.45. The number of halogens is 1. The molecule has 0 atom stereocenters. The highest BCUT2D eigenvalue weighted by molar-refractivity contribution is 7.21. The molecule has 0 N–H and O–H groups in total. The van der Waals surface area contributed by atoms with Gasteiger partial charge in [-0.1, -0.05) is 0 Å². The molecule has 0 unspecified atom stereocenters. The van der Waals surface area contributed by atoms with Crippen LogP contribution >= 0.6 is 11.3 Å². The number of aromatic nitrogens is 3. The number of benzene rings is 3. The van der Waals surface area contributed by atoms with Gasteiger partial charge in [-0.05, 0) is 48.5 Å². The fraction of sp³-hybridized carbons (Fsp3) is 0. The lowest BCUT2D eigenvalue weighted by Gasteiger charge is -2.09. The number of nitro benzene ring substituents is 2. The maximum atomic E-state index is 13.5. The van der Waals surface area contributed by atoms with Crippen molar-refractivity contribution in [3.05, 3.63) is 99.2 Å². The lowest BCUT2D eigenvalue weighted by atomic mass is 10.1. The molecule has 5 rings (SSSR count). The molecular weight excluding hydrogens is 449 g/mol. The van der Waals surface area contributed by atoms with Crippen LogP contribution < -0.4 is 0 Å². The van der Waals surface area contributed by atoms with E-state index < -0.39 is 21.2 Å². The van der Waals surface area contributed by atoms with Gasteiger partial charge >= 0.3 is 11.4 Å². The van der Waals surface area contributed by atoms with E-state index in [1.54, 1.807) is 17.0 Å². The number of fused-ring (bicyclic) bond motifs is 1. The second kappa shape index (κ2) is 7.88. The Kier molecular flexibility index (Phi) is 4.87. The van der Waals surface area contributed by atoms with Crippen molar-refractivity contribution in [2.45, 2.75) is 0 Å². The van der Waals surface area contributed by atoms with Crippen molar-refractivity contribution in [3.8, 4) is 27.5 Å². The van der Waals surface area contributed by atoms with Gasteiger partial charge in [0.2, 0.25) is 0 Å². The predicted octanol–water partition coefficient (Wildman–Crippen LogP) is 5.77. The fourth-order valence-corrected chi connectivity index (χ4v) is 4.48. The number of thiazole rings is 1. The summed E-state index contributed by atoms with van der Waals surface area (Å²) in [5.41, 5.74) is 2.10. The summed E-state index contributed by atoms with van der Waals surface area (Å²) >= 11 is 1.39. The summed E-state index contributed by atoms with van der Waals surface area (Å²) in [5.74, 6) is -0.313. The minimum atomic E-state index is -0.783. The largest absolute Gasteiger partial charge is 0.346 e. The van der Waals surface area contributed by atoms with E-state index in [4.69, 9.17) is 0 Å². The van der Waals surface area contributed by atoms with Crippen molar-refractivity contribution in [1.29, 1.82) is 0 Å². The molecule has 0 aliphatic rings. The Morgan fingerprint density at radius 2 is 1.61 bits per heavy atom. The first-order valence-corrected chi connectivity index (χ1v) is 10.3. The number of imidazole rings is 1. The molecule has 5 aromatic rings. The van der Waals surface area contributed by atoms with Gasteiger partial charge in [-0.2, -0.15) is 0 Å². The Labute approximate surface area is 188 Å². The first-order valence-electron chi connectivity index (χ1n) is 9.53. The van der Waals surface area contributed by atoms with Crippen LogP contribution in [0.4, 0.5) is 15.8 Å². The molecule has 2 aromatic heterocycles. The molecule has 2 heterocycles. The first-order chi connectivity index (χ1) is 15.9. The molecule has 0 fully saturated rings. The zero-order valence-electron chi connectivity index (χ0n) is 16.6. The van der Waals surface area contributed by atoms with Crippen LogP contribution in [0.3, 0.4) is 0 Å². The van der Waals surface area contributed by atoms with Crippen molar-refractivity contribution < 1.29 is 14.2 Å². The molecule has 0 aliphatic carbocycles. The molecule has 0 radical (unpaired) electrons. The zero-order chi connectivity index (χ0) is 23.1. The minimum Gasteiger partial charge on any atom is -0.299 e. The number of nitrogens with zero attached hydrogens (tertiary/aromatic N) is 5. The van der Waals surface area contributed by atoms with E-state index in [9.17, 15) is 24.6 Å². The molecule has 0 spiro atoms. The van der Waals surface area contributed by atoms with Gasteiger partial charge in [-0.25, -0.2) is 14.4 Å². The second-order valence-corrected chi connectivity index (χ2v) is 8.08. The van der Waals surface area contributed by atoms with Crippen LogP contribution in [-0.4, -0.2) is 24.4 Å². The second-order valence-electron chi connectivity index (χ2n) is 7.04. The highest BCUT2D eigenvalue weighted by Crippen LogP contribution is 2.34. The maximum absolute atomic E-state index is 13.5. The van der Waals surface area contributed by atoms with Gasteiger partial charge in [0.15, 0.2) is 0 Å². The third kappa shape index (κ3) is 3.70. The summed E-state index contributed by atoms with van der Waals surface area (Å²) in [6, 6.07) is 15.6. The Morgan fingerprint density at radius 1 is 0.879 bits per heavy atom. The standard InChI is InChI=1S/C22H12FN5O4S/c23-15-4-7-17-21(10-15)33-22(25-17)13-1-5-16(6-2-13)26-12-24-11-20(26)14-3-8-18(27(29)30)19(9-14)28(31)32/h1-12H. The van der Waals surface area contributed by atoms with Crippen LogP contribution in [0.25, 0.3) is 37.7 Å². The van der Waals surface area contributed by atoms with Crippen LogP contribution in [0.2, 0.25) is 0 Å². The summed E-state index contributed by atoms with van der Waals surface area (Å²) in [7, 11) is 0. The predicted molar refractivity (Wildman–Crippen MR) is 121 cm³/mol. The molecule has 9 nitrogen and oxygen atoms in total. The van der Waals surface area contributed by atoms with Gasteiger partial charge in [0, 0.05) is 28.9 Å². The average molecular weight is 461 g/mol. The molecular formula is C22H12FN5O4S. The number of hydrogen-bond donors (Lipinski definition) is 0. The van der Waals surface area contributed by atoms with Crippen molar-refractivity contribution in [2.24, 2.45) is 0 Å². The highest BCUT2D eigenvalue weighted by Gasteiger charge is 2.25. The van der Waals surface area contributed by atoms with Gasteiger partial charge < -0.3 is 0 Å². The molecule has 0 saturated heterocycles. The molecule has 0 bridgehead atoms. The third-order valence-corrected chi connectivity index (χ3v) is 6.11. The summed E-state index contributed by atoms with van der Waals surface area (Å²) < 4.78 is 15.9. The van der Waals surface area contributed by atoms with Crippen molar-refractivity contribution in [3.63, 3.8) is 0 Å².